The van der Waals surface area contributed by atoms with Gasteiger partial charge in [-0.25, -0.2) is 0 Å². The highest BCUT2D eigenvalue weighted by molar-refractivity contribution is 9.10. The fraction of sp³-hybridized carbons (Fsp3) is 0.133. The molecule has 5 heteroatoms. The van der Waals surface area contributed by atoms with E-state index in [0.717, 1.165) is 10.0 Å². The SMILES string of the molecule is CC(NC(=O)c1ccc(N)c(Cl)c1)c1ccc(Br)cc1. The molecule has 0 heterocycles. The minimum absolute atomic E-state index is 0.0908. The number of hydrogen-bond donors (Lipinski definition) is 2. The third-order valence-corrected chi connectivity index (χ3v) is 3.84. The third-order valence-electron chi connectivity index (χ3n) is 2.98. The molecule has 20 heavy (non-hydrogen) atoms. The molecule has 0 bridgehead atoms. The number of nitrogens with two attached hydrogens (primary N) is 1. The molecule has 0 aliphatic rings. The van der Waals surface area contributed by atoms with Gasteiger partial charge in [0.25, 0.3) is 5.91 Å². The van der Waals surface area contributed by atoms with Gasteiger partial charge in [-0.15, -0.1) is 0 Å². The first kappa shape index (κ1) is 14.9. The Morgan fingerprint density at radius 2 is 1.90 bits per heavy atom. The van der Waals surface area contributed by atoms with E-state index in [2.05, 4.69) is 21.2 Å². The van der Waals surface area contributed by atoms with Crippen molar-refractivity contribution < 1.29 is 4.79 Å². The second-order valence-electron chi connectivity index (χ2n) is 4.48. The van der Waals surface area contributed by atoms with Crippen LogP contribution in [0.4, 0.5) is 5.69 Å². The number of halogens is 2. The summed E-state index contributed by atoms with van der Waals surface area (Å²) in [5, 5.41) is 3.31. The lowest BCUT2D eigenvalue weighted by atomic mass is 10.1. The smallest absolute Gasteiger partial charge is 0.251 e. The minimum atomic E-state index is -0.178. The van der Waals surface area contributed by atoms with Gasteiger partial charge < -0.3 is 11.1 Å². The first-order valence-electron chi connectivity index (χ1n) is 6.08. The average Bonchev–Trinajstić information content (AvgIpc) is 2.42. The van der Waals surface area contributed by atoms with Crippen LogP contribution in [0.5, 0.6) is 0 Å². The van der Waals surface area contributed by atoms with E-state index in [1.165, 1.54) is 0 Å². The van der Waals surface area contributed by atoms with E-state index in [9.17, 15) is 4.79 Å². The normalized spacial score (nSPS) is 11.9. The lowest BCUT2D eigenvalue weighted by molar-refractivity contribution is 0.0940. The first-order chi connectivity index (χ1) is 9.47. The maximum Gasteiger partial charge on any atom is 0.251 e. The summed E-state index contributed by atoms with van der Waals surface area (Å²) in [5.74, 6) is -0.178. The minimum Gasteiger partial charge on any atom is -0.398 e. The van der Waals surface area contributed by atoms with Crippen LogP contribution in [0.25, 0.3) is 0 Å². The number of nitrogen functional groups attached to an aromatic ring is 1. The van der Waals surface area contributed by atoms with Crippen LogP contribution in [-0.2, 0) is 0 Å². The molecule has 2 rings (SSSR count). The van der Waals surface area contributed by atoms with E-state index >= 15 is 0 Å². The molecule has 0 aromatic heterocycles. The standard InChI is InChI=1S/C15H14BrClN2O/c1-9(10-2-5-12(16)6-3-10)19-15(20)11-4-7-14(18)13(17)8-11/h2-9H,18H2,1H3,(H,19,20). The van der Waals surface area contributed by atoms with Gasteiger partial charge >= 0.3 is 0 Å². The monoisotopic (exact) mass is 352 g/mol. The molecule has 0 aliphatic heterocycles. The van der Waals surface area contributed by atoms with Crippen molar-refractivity contribution in [2.75, 3.05) is 5.73 Å². The molecular formula is C15H14BrClN2O. The number of hydrogen-bond acceptors (Lipinski definition) is 2. The largest absolute Gasteiger partial charge is 0.398 e. The Kier molecular flexibility index (Phi) is 4.68. The van der Waals surface area contributed by atoms with Crippen LogP contribution in [0.2, 0.25) is 5.02 Å². The molecule has 1 amide bonds. The Morgan fingerprint density at radius 3 is 2.50 bits per heavy atom. The molecule has 2 aromatic rings. The highest BCUT2D eigenvalue weighted by Crippen LogP contribution is 2.21. The summed E-state index contributed by atoms with van der Waals surface area (Å²) < 4.78 is 1.00. The Hall–Kier alpha value is -1.52. The van der Waals surface area contributed by atoms with Crippen LogP contribution in [-0.4, -0.2) is 5.91 Å². The molecule has 0 saturated carbocycles. The van der Waals surface area contributed by atoms with Crippen molar-refractivity contribution in [1.29, 1.82) is 0 Å². The van der Waals surface area contributed by atoms with Gasteiger partial charge in [-0.1, -0.05) is 39.7 Å². The van der Waals surface area contributed by atoms with Crippen molar-refractivity contribution >= 4 is 39.1 Å². The Balaban J connectivity index is 2.10. The number of anilines is 1. The molecule has 3 nitrogen and oxygen atoms in total. The van der Waals surface area contributed by atoms with Gasteiger partial charge in [-0.3, -0.25) is 4.79 Å². The van der Waals surface area contributed by atoms with Gasteiger partial charge in [0.15, 0.2) is 0 Å². The molecule has 0 saturated heterocycles. The van der Waals surface area contributed by atoms with Crippen molar-refractivity contribution in [2.24, 2.45) is 0 Å². The molecule has 104 valence electrons. The second kappa shape index (κ2) is 6.29. The molecule has 0 spiro atoms. The lowest BCUT2D eigenvalue weighted by Gasteiger charge is -2.15. The van der Waals surface area contributed by atoms with Gasteiger partial charge in [0.05, 0.1) is 16.8 Å². The predicted octanol–water partition coefficient (Wildman–Crippen LogP) is 4.18. The van der Waals surface area contributed by atoms with E-state index in [1.54, 1.807) is 18.2 Å². The highest BCUT2D eigenvalue weighted by Gasteiger charge is 2.12. The fourth-order valence-corrected chi connectivity index (χ4v) is 2.23. The zero-order chi connectivity index (χ0) is 14.7. The van der Waals surface area contributed by atoms with Gasteiger partial charge in [-0.05, 0) is 42.8 Å². The third kappa shape index (κ3) is 3.52. The first-order valence-corrected chi connectivity index (χ1v) is 7.26. The highest BCUT2D eigenvalue weighted by atomic mass is 79.9. The Morgan fingerprint density at radius 1 is 1.25 bits per heavy atom. The van der Waals surface area contributed by atoms with Gasteiger partial charge in [0.2, 0.25) is 0 Å². The van der Waals surface area contributed by atoms with Crippen LogP contribution in [0.15, 0.2) is 46.9 Å². The van der Waals surface area contributed by atoms with Crippen molar-refractivity contribution in [3.63, 3.8) is 0 Å². The molecule has 0 radical (unpaired) electrons. The average molecular weight is 354 g/mol. The number of rotatable bonds is 3. The lowest BCUT2D eigenvalue weighted by Crippen LogP contribution is -2.26. The van der Waals surface area contributed by atoms with E-state index in [4.69, 9.17) is 17.3 Å². The van der Waals surface area contributed by atoms with Gasteiger partial charge in [0, 0.05) is 10.0 Å². The Bertz CT molecular complexity index is 628. The van der Waals surface area contributed by atoms with Crippen LogP contribution in [0.1, 0.15) is 28.9 Å². The second-order valence-corrected chi connectivity index (χ2v) is 5.81. The van der Waals surface area contributed by atoms with E-state index in [1.807, 2.05) is 31.2 Å². The Labute approximate surface area is 131 Å². The number of carbonyl (C=O) groups excluding carboxylic acids is 1. The number of benzene rings is 2. The zero-order valence-corrected chi connectivity index (χ0v) is 13.2. The molecule has 1 unspecified atom stereocenters. The van der Waals surface area contributed by atoms with Crippen molar-refractivity contribution in [1.82, 2.24) is 5.32 Å². The summed E-state index contributed by atoms with van der Waals surface area (Å²) in [5.41, 5.74) is 7.61. The van der Waals surface area contributed by atoms with Crippen molar-refractivity contribution in [3.8, 4) is 0 Å². The molecule has 0 aliphatic carbocycles. The molecule has 3 N–H and O–H groups in total. The van der Waals surface area contributed by atoms with Crippen LogP contribution in [0.3, 0.4) is 0 Å². The summed E-state index contributed by atoms with van der Waals surface area (Å²) in [6.07, 6.45) is 0. The summed E-state index contributed by atoms with van der Waals surface area (Å²) in [4.78, 5) is 12.1. The summed E-state index contributed by atoms with van der Waals surface area (Å²) in [6.45, 7) is 1.93. The van der Waals surface area contributed by atoms with Crippen LogP contribution < -0.4 is 11.1 Å². The maximum atomic E-state index is 12.1. The maximum absolute atomic E-state index is 12.1. The molecule has 2 aromatic carbocycles. The summed E-state index contributed by atoms with van der Waals surface area (Å²) in [7, 11) is 0. The van der Waals surface area contributed by atoms with E-state index < -0.39 is 0 Å². The summed E-state index contributed by atoms with van der Waals surface area (Å²) in [6, 6.07) is 12.6. The number of nitrogens with one attached hydrogen (secondary N) is 1. The molecule has 0 fully saturated rings. The van der Waals surface area contributed by atoms with Gasteiger partial charge in [0.1, 0.15) is 0 Å². The quantitative estimate of drug-likeness (QED) is 0.813. The van der Waals surface area contributed by atoms with Crippen LogP contribution in [0, 0.1) is 0 Å². The topological polar surface area (TPSA) is 55.1 Å². The number of amides is 1. The molecular weight excluding hydrogens is 340 g/mol. The van der Waals surface area contributed by atoms with E-state index in [-0.39, 0.29) is 11.9 Å². The van der Waals surface area contributed by atoms with Gasteiger partial charge in [-0.2, -0.15) is 0 Å². The number of carbonyl (C=O) groups is 1. The zero-order valence-electron chi connectivity index (χ0n) is 10.9. The predicted molar refractivity (Wildman–Crippen MR) is 85.9 cm³/mol. The van der Waals surface area contributed by atoms with Crippen molar-refractivity contribution in [2.45, 2.75) is 13.0 Å². The molecule has 1 atom stereocenters. The van der Waals surface area contributed by atoms with Crippen LogP contribution >= 0.6 is 27.5 Å². The van der Waals surface area contributed by atoms with Crippen molar-refractivity contribution in [3.05, 3.63) is 63.1 Å². The van der Waals surface area contributed by atoms with E-state index in [0.29, 0.717) is 16.3 Å². The fourth-order valence-electron chi connectivity index (χ4n) is 1.78. The summed E-state index contributed by atoms with van der Waals surface area (Å²) >= 11 is 9.30.